The van der Waals surface area contributed by atoms with Crippen LogP contribution < -0.4 is 48.5 Å². The number of carbonyl (C=O) groups excluding carboxylic acids is 8. The zero-order valence-corrected chi connectivity index (χ0v) is 45.9. The van der Waals surface area contributed by atoms with Crippen molar-refractivity contribution < 1.29 is 87.2 Å². The number of benzene rings is 2. The molecule has 8 rings (SSSR count). The fourth-order valence-corrected chi connectivity index (χ4v) is 10.5. The molecule has 1 fully saturated rings. The maximum absolute atomic E-state index is 15.4. The van der Waals surface area contributed by atoms with Gasteiger partial charge in [-0.3, -0.25) is 33.6 Å². The van der Waals surface area contributed by atoms with Crippen molar-refractivity contribution in [3.63, 3.8) is 0 Å². The van der Waals surface area contributed by atoms with Crippen LogP contribution in [-0.4, -0.2) is 178 Å². The Balaban J connectivity index is 0.754. The maximum atomic E-state index is 15.4. The number of aryl methyl sites for hydroxylation is 1. The molecule has 9 atom stereocenters. The second kappa shape index (κ2) is 27.1. The fraction of sp³-hybridized carbons (Fsp3) is 0.491. The van der Waals surface area contributed by atoms with Gasteiger partial charge in [-0.2, -0.15) is 0 Å². The molecule has 1 aliphatic carbocycles. The molecule has 0 spiro atoms. The number of ether oxygens (including phenoxy) is 4. The number of aliphatic hydroxyl groups excluding tert-OH is 4. The Bertz CT molecular complexity index is 3260. The van der Waals surface area contributed by atoms with E-state index in [1.54, 1.807) is 50.2 Å². The summed E-state index contributed by atoms with van der Waals surface area (Å²) in [5, 5.41) is 68.7. The third-order valence-corrected chi connectivity index (χ3v) is 15.2. The van der Waals surface area contributed by atoms with Crippen LogP contribution in [0.25, 0.3) is 22.3 Å². The average molecular weight is 1180 g/mol. The van der Waals surface area contributed by atoms with E-state index in [4.69, 9.17) is 29.7 Å². The van der Waals surface area contributed by atoms with Crippen molar-refractivity contribution in [3.8, 4) is 11.4 Å². The number of hydrogen-bond donors (Lipinski definition) is 13. The number of nitrogens with one attached hydrogen (secondary N) is 7. The summed E-state index contributed by atoms with van der Waals surface area (Å²) < 4.78 is 38.2. The van der Waals surface area contributed by atoms with Crippen LogP contribution in [-0.2, 0) is 84.1 Å². The lowest BCUT2D eigenvalue weighted by Gasteiger charge is -2.40. The molecule has 7 amide bonds. The number of rotatable bonds is 24. The molecule has 14 N–H and O–H groups in total. The van der Waals surface area contributed by atoms with E-state index in [9.17, 15) is 68.7 Å². The Hall–Kier alpha value is -8.03. The van der Waals surface area contributed by atoms with Gasteiger partial charge >= 0.3 is 12.1 Å². The van der Waals surface area contributed by atoms with Gasteiger partial charge in [-0.25, -0.2) is 19.0 Å². The summed E-state index contributed by atoms with van der Waals surface area (Å²) in [4.78, 5) is 121. The molecule has 0 bridgehead atoms. The van der Waals surface area contributed by atoms with E-state index in [-0.39, 0.29) is 76.5 Å². The van der Waals surface area contributed by atoms with Gasteiger partial charge in [0.1, 0.15) is 62.3 Å². The van der Waals surface area contributed by atoms with Crippen LogP contribution >= 0.6 is 0 Å². The predicted octanol–water partition coefficient (Wildman–Crippen LogP) is -3.53. The number of nitrogens with two attached hydrogens (primary N) is 1. The first-order valence-electron chi connectivity index (χ1n) is 27.2. The van der Waals surface area contributed by atoms with Gasteiger partial charge in [0.05, 0.1) is 73.9 Å². The highest BCUT2D eigenvalue weighted by atomic mass is 19.1. The summed E-state index contributed by atoms with van der Waals surface area (Å²) >= 11 is 0. The Morgan fingerprint density at radius 1 is 0.869 bits per heavy atom. The van der Waals surface area contributed by atoms with Crippen molar-refractivity contribution in [3.05, 3.63) is 97.6 Å². The fourth-order valence-electron chi connectivity index (χ4n) is 10.5. The second-order valence-electron chi connectivity index (χ2n) is 20.7. The first-order chi connectivity index (χ1) is 40.1. The molecule has 3 aliphatic heterocycles. The average Bonchev–Trinajstić information content (AvgIpc) is 1.56. The van der Waals surface area contributed by atoms with Crippen LogP contribution in [0.1, 0.15) is 77.6 Å². The van der Waals surface area contributed by atoms with Gasteiger partial charge in [0.15, 0.2) is 5.60 Å². The normalized spacial score (nSPS) is 21.8. The lowest BCUT2D eigenvalue weighted by atomic mass is 9.81. The molecule has 84 heavy (non-hydrogen) atoms. The minimum atomic E-state index is -2.06. The number of aliphatic hydroxyl groups is 5. The molecule has 0 saturated carbocycles. The van der Waals surface area contributed by atoms with Gasteiger partial charge in [0.25, 0.3) is 5.56 Å². The number of halogens is 1. The predicted molar refractivity (Wildman–Crippen MR) is 289 cm³/mol. The number of fused-ring (bicyclic) bond motifs is 5. The molecule has 0 unspecified atom stereocenters. The van der Waals surface area contributed by atoms with E-state index in [1.165, 1.54) is 10.6 Å². The van der Waals surface area contributed by atoms with E-state index < -0.39 is 139 Å². The number of esters is 1. The minimum Gasteiger partial charge on any atom is -0.458 e. The number of amides is 7. The van der Waals surface area contributed by atoms with Gasteiger partial charge in [-0.1, -0.05) is 37.3 Å². The molecule has 29 heteroatoms. The molecule has 452 valence electrons. The van der Waals surface area contributed by atoms with Crippen molar-refractivity contribution in [1.82, 2.24) is 46.8 Å². The van der Waals surface area contributed by atoms with Crippen LogP contribution in [0, 0.1) is 12.7 Å². The Kier molecular flexibility index (Phi) is 20.0. The first-order valence-corrected chi connectivity index (χ1v) is 27.2. The van der Waals surface area contributed by atoms with Crippen LogP contribution in [0.2, 0.25) is 0 Å². The van der Waals surface area contributed by atoms with Crippen molar-refractivity contribution in [2.24, 2.45) is 5.73 Å². The zero-order chi connectivity index (χ0) is 60.6. The third-order valence-electron chi connectivity index (χ3n) is 15.2. The summed E-state index contributed by atoms with van der Waals surface area (Å²) in [5.74, 6) is -5.74. The monoisotopic (exact) mass is 1170 g/mol. The molecular weight excluding hydrogens is 1110 g/mol. The van der Waals surface area contributed by atoms with E-state index in [0.29, 0.717) is 62.9 Å². The molecular formula is C55H67FN10O18. The highest BCUT2D eigenvalue weighted by Crippen LogP contribution is 2.46. The highest BCUT2D eigenvalue weighted by molar-refractivity contribution is 5.95. The highest BCUT2D eigenvalue weighted by Gasteiger charge is 2.47. The van der Waals surface area contributed by atoms with Crippen molar-refractivity contribution in [2.75, 3.05) is 52.7 Å². The lowest BCUT2D eigenvalue weighted by molar-refractivity contribution is -0.227. The van der Waals surface area contributed by atoms with Crippen molar-refractivity contribution in [1.29, 1.82) is 0 Å². The quantitative estimate of drug-likeness (QED) is 0.0162. The van der Waals surface area contributed by atoms with E-state index in [2.05, 4.69) is 37.2 Å². The SMILES string of the molecule is CC[C@@]1(O)C(=O)OCc2c1cc1n(c2=O)Cc2c-1nc1cc(F)c(C)c3c1c2[C@@H](NC(=O)OCCOCNC(=O)CNC(=O)[C@H](Cc1ccccc1)NC(=O)CNC(=O)CNC(=O)[C@@H](N)CCC(=O)NC[C@@H]1O[C@H](CO)[C@@H](O)[C@H](O)[C@H]1O)CC3. The van der Waals surface area contributed by atoms with Gasteiger partial charge in [0, 0.05) is 42.0 Å². The first kappa shape index (κ1) is 62.0. The van der Waals surface area contributed by atoms with Crippen LogP contribution in [0.5, 0.6) is 0 Å². The largest absolute Gasteiger partial charge is 0.458 e. The number of pyridine rings is 2. The van der Waals surface area contributed by atoms with Crippen LogP contribution in [0.3, 0.4) is 0 Å². The number of alkyl carbamates (subject to hydrolysis) is 1. The van der Waals surface area contributed by atoms with Crippen molar-refractivity contribution >= 4 is 58.4 Å². The van der Waals surface area contributed by atoms with E-state index in [0.717, 1.165) is 0 Å². The molecule has 1 saturated heterocycles. The maximum Gasteiger partial charge on any atom is 0.407 e. The smallest absolute Gasteiger partial charge is 0.407 e. The molecule has 5 heterocycles. The minimum absolute atomic E-state index is 0.00435. The van der Waals surface area contributed by atoms with Crippen LogP contribution in [0.15, 0.2) is 47.3 Å². The van der Waals surface area contributed by atoms with Gasteiger partial charge in [-0.15, -0.1) is 0 Å². The Labute approximate surface area is 478 Å². The van der Waals surface area contributed by atoms with E-state index >= 15 is 4.39 Å². The Morgan fingerprint density at radius 3 is 2.30 bits per heavy atom. The lowest BCUT2D eigenvalue weighted by Crippen LogP contribution is -2.60. The number of hydrogen-bond acceptors (Lipinski definition) is 20. The number of carbonyl (C=O) groups is 8. The molecule has 0 radical (unpaired) electrons. The molecule has 2 aromatic heterocycles. The summed E-state index contributed by atoms with van der Waals surface area (Å²) in [7, 11) is 0. The number of cyclic esters (lactones) is 1. The third kappa shape index (κ3) is 13.8. The van der Waals surface area contributed by atoms with Crippen molar-refractivity contribution in [2.45, 2.75) is 120 Å². The van der Waals surface area contributed by atoms with Gasteiger partial charge in [0.2, 0.25) is 35.4 Å². The second-order valence-corrected chi connectivity index (χ2v) is 20.7. The molecule has 4 aliphatic rings. The standard InChI is InChI=1S/C55H67FN10O18/c1-3-55(80)31-16-37-46-29(22-66(37)52(77)30(31)24-83-53(55)78)45-34(11-9-28-26(2)32(56)17-35(64-46)44(28)45)65-54(79)82-14-13-81-25-62-42(70)20-61-51(76)36(15-27-7-5-4-6-8-27)63-43(71)21-59-41(69)19-60-50(75)33(57)10-12-40(68)58-18-38-47(72)49(74)48(73)39(23-67)84-38/h4-8,16-17,33-34,36,38-39,47-49,67,72-74,80H,3,9-15,18-25,57H2,1-2H3,(H,58,68)(H,59,69)(H,60,75)(H,61,76)(H,62,70)(H,63,71)(H,65,79)/t33-,34-,36-,38-,39+,47-,48+,49+,55-/m0/s1. The van der Waals surface area contributed by atoms with Gasteiger partial charge < -0.3 is 92.0 Å². The van der Waals surface area contributed by atoms with Crippen LogP contribution in [0.4, 0.5) is 9.18 Å². The summed E-state index contributed by atoms with van der Waals surface area (Å²) in [6, 6.07) is 8.35. The number of nitrogens with zero attached hydrogens (tertiary/aromatic N) is 2. The molecule has 2 aromatic carbocycles. The zero-order valence-electron chi connectivity index (χ0n) is 45.9. The molecule has 4 aromatic rings. The van der Waals surface area contributed by atoms with E-state index in [1.807, 2.05) is 0 Å². The molecule has 28 nitrogen and oxygen atoms in total. The number of aromatic nitrogens is 2. The summed E-state index contributed by atoms with van der Waals surface area (Å²) in [6.07, 6.45) is -7.61. The Morgan fingerprint density at radius 2 is 1.57 bits per heavy atom. The summed E-state index contributed by atoms with van der Waals surface area (Å²) in [5.41, 5.74) is 7.56. The topological polar surface area (TPSA) is 420 Å². The summed E-state index contributed by atoms with van der Waals surface area (Å²) in [6.45, 7) is -0.471. The van der Waals surface area contributed by atoms with Gasteiger partial charge in [-0.05, 0) is 60.9 Å².